The van der Waals surface area contributed by atoms with Crippen LogP contribution >= 0.6 is 11.6 Å². The zero-order valence-corrected chi connectivity index (χ0v) is 10.7. The van der Waals surface area contributed by atoms with Crippen molar-refractivity contribution in [1.82, 2.24) is 4.98 Å². The maximum atomic E-state index is 5.82. The number of likely N-dealkylation sites (N-methyl/N-ethyl adjacent to an activating group) is 1. The Morgan fingerprint density at radius 1 is 1.50 bits per heavy atom. The number of halogens is 1. The first-order valence-electron chi connectivity index (χ1n) is 5.25. The van der Waals surface area contributed by atoms with E-state index in [0.29, 0.717) is 23.3 Å². The van der Waals surface area contributed by atoms with Crippen LogP contribution in [0.5, 0.6) is 0 Å². The van der Waals surface area contributed by atoms with Gasteiger partial charge in [-0.3, -0.25) is 0 Å². The van der Waals surface area contributed by atoms with Gasteiger partial charge in [0.05, 0.1) is 18.4 Å². The maximum absolute atomic E-state index is 5.82. The van der Waals surface area contributed by atoms with Crippen LogP contribution in [0.25, 0.3) is 0 Å². The molecule has 1 aromatic heterocycles. The second-order valence-electron chi connectivity index (χ2n) is 3.89. The fraction of sp³-hybridized carbons (Fsp3) is 0.545. The highest BCUT2D eigenvalue weighted by Crippen LogP contribution is 2.21. The van der Waals surface area contributed by atoms with E-state index in [2.05, 4.69) is 4.98 Å². The molecule has 0 radical (unpaired) electrons. The van der Waals surface area contributed by atoms with Crippen LogP contribution in [0.15, 0.2) is 12.1 Å². The van der Waals surface area contributed by atoms with Crippen molar-refractivity contribution < 1.29 is 4.74 Å². The summed E-state index contributed by atoms with van der Waals surface area (Å²) in [4.78, 5) is 6.12. The number of nitrogens with zero attached hydrogens (tertiary/aromatic N) is 2. The monoisotopic (exact) mass is 243 g/mol. The third kappa shape index (κ3) is 3.87. The molecule has 90 valence electrons. The second kappa shape index (κ2) is 5.92. The minimum atomic E-state index is 0.234. The summed E-state index contributed by atoms with van der Waals surface area (Å²) in [6, 6.07) is 3.43. The van der Waals surface area contributed by atoms with E-state index in [1.165, 1.54) is 0 Å². The molecule has 0 bridgehead atoms. The molecule has 1 heterocycles. The Bertz CT molecular complexity index is 344. The van der Waals surface area contributed by atoms with Crippen molar-refractivity contribution in [3.05, 3.63) is 17.3 Å². The normalized spacial score (nSPS) is 10.8. The van der Waals surface area contributed by atoms with E-state index in [1.54, 1.807) is 12.1 Å². The Morgan fingerprint density at radius 2 is 2.19 bits per heavy atom. The minimum absolute atomic E-state index is 0.234. The summed E-state index contributed by atoms with van der Waals surface area (Å²) in [6.07, 6.45) is 0.234. The van der Waals surface area contributed by atoms with E-state index in [-0.39, 0.29) is 6.10 Å². The van der Waals surface area contributed by atoms with Gasteiger partial charge in [0.25, 0.3) is 0 Å². The molecule has 16 heavy (non-hydrogen) atoms. The Kier molecular flexibility index (Phi) is 4.83. The van der Waals surface area contributed by atoms with Crippen LogP contribution < -0.4 is 10.6 Å². The van der Waals surface area contributed by atoms with Gasteiger partial charge < -0.3 is 15.4 Å². The number of nitrogens with two attached hydrogens (primary N) is 1. The van der Waals surface area contributed by atoms with Crippen molar-refractivity contribution in [2.24, 2.45) is 0 Å². The van der Waals surface area contributed by atoms with Gasteiger partial charge in [0.2, 0.25) is 0 Å². The van der Waals surface area contributed by atoms with Crippen LogP contribution in [0.3, 0.4) is 0 Å². The number of rotatable bonds is 5. The van der Waals surface area contributed by atoms with Crippen molar-refractivity contribution in [2.45, 2.75) is 20.0 Å². The molecule has 1 aromatic rings. The van der Waals surface area contributed by atoms with Crippen molar-refractivity contribution >= 4 is 23.1 Å². The molecular formula is C11H18ClN3O. The van der Waals surface area contributed by atoms with E-state index in [9.17, 15) is 0 Å². The quantitative estimate of drug-likeness (QED) is 0.806. The zero-order valence-electron chi connectivity index (χ0n) is 9.90. The second-order valence-corrected chi connectivity index (χ2v) is 4.28. The van der Waals surface area contributed by atoms with Crippen LogP contribution in [0.4, 0.5) is 11.5 Å². The number of nitrogen functional groups attached to an aromatic ring is 1. The van der Waals surface area contributed by atoms with Crippen LogP contribution in [0, 0.1) is 0 Å². The Balaban J connectivity index is 2.58. The summed E-state index contributed by atoms with van der Waals surface area (Å²) >= 11 is 5.82. The lowest BCUT2D eigenvalue weighted by Gasteiger charge is -2.20. The van der Waals surface area contributed by atoms with Gasteiger partial charge >= 0.3 is 0 Å². The molecule has 0 aliphatic heterocycles. The molecule has 0 saturated carbocycles. The van der Waals surface area contributed by atoms with Crippen LogP contribution in [-0.2, 0) is 4.74 Å². The average molecular weight is 244 g/mol. The van der Waals surface area contributed by atoms with Crippen molar-refractivity contribution in [3.63, 3.8) is 0 Å². The molecule has 0 unspecified atom stereocenters. The lowest BCUT2D eigenvalue weighted by Crippen LogP contribution is -2.25. The zero-order chi connectivity index (χ0) is 12.1. The number of hydrogen-bond acceptors (Lipinski definition) is 4. The molecule has 0 saturated heterocycles. The molecule has 4 nitrogen and oxygen atoms in total. The van der Waals surface area contributed by atoms with Crippen molar-refractivity contribution in [1.29, 1.82) is 0 Å². The molecule has 0 aliphatic rings. The van der Waals surface area contributed by atoms with Gasteiger partial charge in [-0.2, -0.15) is 0 Å². The van der Waals surface area contributed by atoms with Crippen molar-refractivity contribution in [3.8, 4) is 0 Å². The molecule has 0 atom stereocenters. The van der Waals surface area contributed by atoms with Gasteiger partial charge in [0.15, 0.2) is 5.82 Å². The van der Waals surface area contributed by atoms with Gasteiger partial charge in [0.1, 0.15) is 5.15 Å². The number of aromatic nitrogens is 1. The van der Waals surface area contributed by atoms with Crippen molar-refractivity contribution in [2.75, 3.05) is 30.8 Å². The highest BCUT2D eigenvalue weighted by Gasteiger charge is 2.07. The summed E-state index contributed by atoms with van der Waals surface area (Å²) in [5, 5.41) is 0.445. The molecule has 5 heteroatoms. The van der Waals surface area contributed by atoms with E-state index in [1.807, 2.05) is 25.8 Å². The Morgan fingerprint density at radius 3 is 2.81 bits per heavy atom. The highest BCUT2D eigenvalue weighted by atomic mass is 35.5. The summed E-state index contributed by atoms with van der Waals surface area (Å²) in [6.45, 7) is 5.38. The van der Waals surface area contributed by atoms with Crippen LogP contribution in [0.1, 0.15) is 13.8 Å². The standard InChI is InChI=1S/C11H18ClN3O/c1-8(2)16-7-6-15(3)11-9(13)4-5-10(12)14-11/h4-5,8H,6-7,13H2,1-3H3. The van der Waals surface area contributed by atoms with Gasteiger partial charge in [-0.05, 0) is 26.0 Å². The van der Waals surface area contributed by atoms with Gasteiger partial charge in [-0.1, -0.05) is 11.6 Å². The number of hydrogen-bond donors (Lipinski definition) is 1. The van der Waals surface area contributed by atoms with E-state index >= 15 is 0 Å². The maximum Gasteiger partial charge on any atom is 0.153 e. The van der Waals surface area contributed by atoms with Gasteiger partial charge in [-0.15, -0.1) is 0 Å². The van der Waals surface area contributed by atoms with Crippen LogP contribution in [-0.4, -0.2) is 31.3 Å². The van der Waals surface area contributed by atoms with Crippen LogP contribution in [0.2, 0.25) is 5.15 Å². The molecular weight excluding hydrogens is 226 g/mol. The molecule has 0 fully saturated rings. The third-order valence-electron chi connectivity index (χ3n) is 2.11. The van der Waals surface area contributed by atoms with Gasteiger partial charge in [0, 0.05) is 13.6 Å². The summed E-state index contributed by atoms with van der Waals surface area (Å²) in [5.74, 6) is 0.694. The number of pyridine rings is 1. The molecule has 0 amide bonds. The molecule has 2 N–H and O–H groups in total. The number of anilines is 2. The first-order chi connectivity index (χ1) is 7.50. The smallest absolute Gasteiger partial charge is 0.153 e. The van der Waals surface area contributed by atoms with E-state index < -0.39 is 0 Å². The number of ether oxygens (including phenoxy) is 1. The van der Waals surface area contributed by atoms with Gasteiger partial charge in [-0.25, -0.2) is 4.98 Å². The van der Waals surface area contributed by atoms with E-state index in [4.69, 9.17) is 22.1 Å². The molecule has 1 rings (SSSR count). The third-order valence-corrected chi connectivity index (χ3v) is 2.32. The lowest BCUT2D eigenvalue weighted by molar-refractivity contribution is 0.0845. The fourth-order valence-electron chi connectivity index (χ4n) is 1.27. The first-order valence-corrected chi connectivity index (χ1v) is 5.63. The fourth-order valence-corrected chi connectivity index (χ4v) is 1.42. The Labute approximate surface area is 101 Å². The predicted octanol–water partition coefficient (Wildman–Crippen LogP) is 2.18. The summed E-state index contributed by atoms with van der Waals surface area (Å²) in [5.41, 5.74) is 6.44. The SMILES string of the molecule is CC(C)OCCN(C)c1nc(Cl)ccc1N. The topological polar surface area (TPSA) is 51.4 Å². The molecule has 0 spiro atoms. The summed E-state index contributed by atoms with van der Waals surface area (Å²) in [7, 11) is 1.92. The Hall–Kier alpha value is -1.00. The average Bonchev–Trinajstić information content (AvgIpc) is 2.21. The molecule has 0 aromatic carbocycles. The van der Waals surface area contributed by atoms with E-state index in [0.717, 1.165) is 6.54 Å². The highest BCUT2D eigenvalue weighted by molar-refractivity contribution is 6.29. The largest absolute Gasteiger partial charge is 0.396 e. The lowest BCUT2D eigenvalue weighted by atomic mass is 10.3. The summed E-state index contributed by atoms with van der Waals surface area (Å²) < 4.78 is 5.46. The first kappa shape index (κ1) is 13.1. The predicted molar refractivity (Wildman–Crippen MR) is 68.0 cm³/mol. The molecule has 0 aliphatic carbocycles. The minimum Gasteiger partial charge on any atom is -0.396 e.